The molecule has 1 atom stereocenters. The van der Waals surface area contributed by atoms with Crippen molar-refractivity contribution >= 4 is 5.91 Å². The fourth-order valence-corrected chi connectivity index (χ4v) is 1.53. The van der Waals surface area contributed by atoms with Gasteiger partial charge in [0.05, 0.1) is 6.54 Å². The molecule has 1 amide bonds. The Kier molecular flexibility index (Phi) is 3.39. The monoisotopic (exact) mass is 265 g/mol. The van der Waals surface area contributed by atoms with Crippen LogP contribution in [-0.4, -0.2) is 27.7 Å². The third kappa shape index (κ3) is 3.00. The molecule has 7 nitrogen and oxygen atoms in total. The van der Waals surface area contributed by atoms with Gasteiger partial charge in [-0.1, -0.05) is 5.16 Å². The highest BCUT2D eigenvalue weighted by atomic mass is 16.5. The predicted molar refractivity (Wildman–Crippen MR) is 64.4 cm³/mol. The Morgan fingerprint density at radius 1 is 1.47 bits per heavy atom. The Hall–Kier alpha value is -2.15. The van der Waals surface area contributed by atoms with Gasteiger partial charge in [-0.15, -0.1) is 0 Å². The summed E-state index contributed by atoms with van der Waals surface area (Å²) in [6.07, 6.45) is 0. The number of carbonyl (C=O) groups excluding carboxylic acids is 1. The molecular formula is C12H15N3O4. The molecule has 0 aromatic carbocycles. The van der Waals surface area contributed by atoms with Gasteiger partial charge >= 0.3 is 0 Å². The van der Waals surface area contributed by atoms with Crippen LogP contribution in [0.15, 0.2) is 21.1 Å². The molecule has 19 heavy (non-hydrogen) atoms. The molecule has 0 aliphatic carbocycles. The fourth-order valence-electron chi connectivity index (χ4n) is 1.53. The van der Waals surface area contributed by atoms with E-state index in [4.69, 9.17) is 8.94 Å². The molecule has 0 bridgehead atoms. The minimum absolute atomic E-state index is 0.0215. The summed E-state index contributed by atoms with van der Waals surface area (Å²) >= 11 is 0. The van der Waals surface area contributed by atoms with Gasteiger partial charge in [-0.05, 0) is 26.0 Å². The molecular weight excluding hydrogens is 250 g/mol. The van der Waals surface area contributed by atoms with Gasteiger partial charge in [0.1, 0.15) is 17.1 Å². The molecule has 0 aliphatic heterocycles. The standard InChI is InChI=1S/C12H15N3O4/c1-7-4-5-9(18-7)12(3,17)6-13-11(16)10-14-8(2)19-15-10/h4-5,17H,6H2,1-3H3,(H,13,16). The van der Waals surface area contributed by atoms with Crippen molar-refractivity contribution in [1.82, 2.24) is 15.5 Å². The maximum absolute atomic E-state index is 11.7. The molecule has 0 aliphatic rings. The van der Waals surface area contributed by atoms with E-state index in [0.717, 1.165) is 0 Å². The zero-order chi connectivity index (χ0) is 14.0. The lowest BCUT2D eigenvalue weighted by molar-refractivity contribution is 0.0321. The molecule has 2 heterocycles. The van der Waals surface area contributed by atoms with Crippen molar-refractivity contribution in [1.29, 1.82) is 0 Å². The molecule has 0 radical (unpaired) electrons. The summed E-state index contributed by atoms with van der Waals surface area (Å²) in [4.78, 5) is 15.5. The van der Waals surface area contributed by atoms with Gasteiger partial charge in [0.15, 0.2) is 0 Å². The Morgan fingerprint density at radius 2 is 2.21 bits per heavy atom. The van der Waals surface area contributed by atoms with Crippen LogP contribution in [0, 0.1) is 13.8 Å². The first-order chi connectivity index (χ1) is 8.88. The van der Waals surface area contributed by atoms with Crippen LogP contribution < -0.4 is 5.32 Å². The van der Waals surface area contributed by atoms with Gasteiger partial charge in [0.25, 0.3) is 11.7 Å². The average molecular weight is 265 g/mol. The highest BCUT2D eigenvalue weighted by Gasteiger charge is 2.28. The van der Waals surface area contributed by atoms with E-state index in [1.54, 1.807) is 32.9 Å². The number of carbonyl (C=O) groups is 1. The highest BCUT2D eigenvalue weighted by Crippen LogP contribution is 2.21. The zero-order valence-electron chi connectivity index (χ0n) is 10.9. The third-order valence-electron chi connectivity index (χ3n) is 2.60. The quantitative estimate of drug-likeness (QED) is 0.852. The maximum atomic E-state index is 11.7. The molecule has 0 saturated heterocycles. The largest absolute Gasteiger partial charge is 0.463 e. The summed E-state index contributed by atoms with van der Waals surface area (Å²) in [5.74, 6) is 0.799. The normalized spacial score (nSPS) is 14.1. The van der Waals surface area contributed by atoms with Gasteiger partial charge in [0.2, 0.25) is 5.89 Å². The van der Waals surface area contributed by atoms with E-state index in [9.17, 15) is 9.90 Å². The fraction of sp³-hybridized carbons (Fsp3) is 0.417. The Bertz CT molecular complexity index is 585. The Balaban J connectivity index is 2.00. The van der Waals surface area contributed by atoms with Crippen molar-refractivity contribution in [2.24, 2.45) is 0 Å². The van der Waals surface area contributed by atoms with Gasteiger partial charge in [-0.2, -0.15) is 4.98 Å². The van der Waals surface area contributed by atoms with Gasteiger partial charge < -0.3 is 19.4 Å². The lowest BCUT2D eigenvalue weighted by atomic mass is 10.0. The van der Waals surface area contributed by atoms with E-state index in [1.165, 1.54) is 0 Å². The number of aryl methyl sites for hydroxylation is 2. The maximum Gasteiger partial charge on any atom is 0.292 e. The van der Waals surface area contributed by atoms with Gasteiger partial charge in [0, 0.05) is 6.92 Å². The number of nitrogens with zero attached hydrogens (tertiary/aromatic N) is 2. The lowest BCUT2D eigenvalue weighted by Gasteiger charge is -2.20. The molecule has 2 N–H and O–H groups in total. The van der Waals surface area contributed by atoms with Crippen molar-refractivity contribution in [2.45, 2.75) is 26.4 Å². The first-order valence-corrected chi connectivity index (χ1v) is 5.76. The van der Waals surface area contributed by atoms with Crippen LogP contribution in [0.4, 0.5) is 0 Å². The van der Waals surface area contributed by atoms with Crippen LogP contribution in [0.3, 0.4) is 0 Å². The first kappa shape index (κ1) is 13.3. The number of furan rings is 1. The van der Waals surface area contributed by atoms with E-state index >= 15 is 0 Å². The molecule has 2 aromatic heterocycles. The van der Waals surface area contributed by atoms with Gasteiger partial charge in [-0.25, -0.2) is 0 Å². The van der Waals surface area contributed by atoms with E-state index in [2.05, 4.69) is 15.5 Å². The molecule has 102 valence electrons. The second-order valence-electron chi connectivity index (χ2n) is 4.50. The van der Waals surface area contributed by atoms with E-state index in [1.807, 2.05) is 0 Å². The topological polar surface area (TPSA) is 101 Å². The Labute approximate surface area is 109 Å². The number of rotatable bonds is 4. The number of hydrogen-bond donors (Lipinski definition) is 2. The summed E-state index contributed by atoms with van der Waals surface area (Å²) < 4.78 is 10.0. The number of amides is 1. The molecule has 1 unspecified atom stereocenters. The predicted octanol–water partition coefficient (Wildman–Crippen LogP) is 0.917. The molecule has 0 spiro atoms. The SMILES string of the molecule is Cc1ccc(C(C)(O)CNC(=O)c2noc(C)n2)o1. The van der Waals surface area contributed by atoms with Crippen molar-refractivity contribution in [3.63, 3.8) is 0 Å². The summed E-state index contributed by atoms with van der Waals surface area (Å²) in [5.41, 5.74) is -1.30. The second-order valence-corrected chi connectivity index (χ2v) is 4.50. The zero-order valence-corrected chi connectivity index (χ0v) is 10.9. The molecule has 0 saturated carbocycles. The van der Waals surface area contributed by atoms with E-state index in [0.29, 0.717) is 17.4 Å². The number of aliphatic hydroxyl groups is 1. The van der Waals surface area contributed by atoms with E-state index < -0.39 is 11.5 Å². The Morgan fingerprint density at radius 3 is 2.74 bits per heavy atom. The van der Waals surface area contributed by atoms with Crippen LogP contribution in [-0.2, 0) is 5.60 Å². The van der Waals surface area contributed by atoms with Crippen LogP contribution in [0.2, 0.25) is 0 Å². The van der Waals surface area contributed by atoms with E-state index in [-0.39, 0.29) is 12.4 Å². The number of nitrogens with one attached hydrogen (secondary N) is 1. The first-order valence-electron chi connectivity index (χ1n) is 5.76. The second kappa shape index (κ2) is 4.85. The molecule has 0 fully saturated rings. The summed E-state index contributed by atoms with van der Waals surface area (Å²) in [7, 11) is 0. The van der Waals surface area contributed by atoms with Gasteiger partial charge in [-0.3, -0.25) is 4.79 Å². The van der Waals surface area contributed by atoms with Crippen LogP contribution in [0.1, 0.15) is 35.0 Å². The smallest absolute Gasteiger partial charge is 0.292 e. The van der Waals surface area contributed by atoms with Crippen LogP contribution in [0.5, 0.6) is 0 Å². The van der Waals surface area contributed by atoms with Crippen molar-refractivity contribution < 1.29 is 18.8 Å². The number of hydrogen-bond acceptors (Lipinski definition) is 6. The number of aromatic nitrogens is 2. The van der Waals surface area contributed by atoms with Crippen LogP contribution in [0.25, 0.3) is 0 Å². The molecule has 7 heteroatoms. The van der Waals surface area contributed by atoms with Crippen LogP contribution >= 0.6 is 0 Å². The highest BCUT2D eigenvalue weighted by molar-refractivity contribution is 5.90. The molecule has 2 rings (SSSR count). The average Bonchev–Trinajstić information content (AvgIpc) is 2.95. The summed E-state index contributed by atoms with van der Waals surface area (Å²) in [6.45, 7) is 4.89. The lowest BCUT2D eigenvalue weighted by Crippen LogP contribution is -2.38. The summed E-state index contributed by atoms with van der Waals surface area (Å²) in [5, 5.41) is 16.2. The van der Waals surface area contributed by atoms with Crippen molar-refractivity contribution in [2.75, 3.05) is 6.54 Å². The minimum atomic E-state index is -1.30. The van der Waals surface area contributed by atoms with Crippen molar-refractivity contribution in [3.8, 4) is 0 Å². The molecule has 2 aromatic rings. The van der Waals surface area contributed by atoms with Crippen molar-refractivity contribution in [3.05, 3.63) is 35.4 Å². The summed E-state index contributed by atoms with van der Waals surface area (Å²) in [6, 6.07) is 3.41. The third-order valence-corrected chi connectivity index (χ3v) is 2.60. The minimum Gasteiger partial charge on any atom is -0.463 e.